The summed E-state index contributed by atoms with van der Waals surface area (Å²) in [5, 5.41) is 0. The monoisotopic (exact) mass is 588 g/mol. The maximum atomic E-state index is 3.67. The van der Waals surface area contributed by atoms with Crippen molar-refractivity contribution in [2.45, 2.75) is 85.7 Å². The van der Waals surface area contributed by atoms with E-state index in [1.165, 1.54) is 44.5 Å². The van der Waals surface area contributed by atoms with Gasteiger partial charge in [0.05, 0.1) is 0 Å². The Labute approximate surface area is 236 Å². The van der Waals surface area contributed by atoms with Gasteiger partial charge in [0, 0.05) is 0 Å². The van der Waals surface area contributed by atoms with Crippen molar-refractivity contribution in [1.82, 2.24) is 0 Å². The van der Waals surface area contributed by atoms with Gasteiger partial charge in [0.1, 0.15) is 0 Å². The first kappa shape index (κ1) is 33.5. The van der Waals surface area contributed by atoms with Crippen molar-refractivity contribution in [2.75, 3.05) is 0 Å². The summed E-state index contributed by atoms with van der Waals surface area (Å²) in [7, 11) is 0. The summed E-state index contributed by atoms with van der Waals surface area (Å²) in [5.41, 5.74) is 11.7. The molecule has 0 saturated carbocycles. The molecular formula is C30H40Cl2SiZr-2. The van der Waals surface area contributed by atoms with Crippen molar-refractivity contribution in [3.8, 4) is 11.1 Å². The standard InChI is InChI=1S/C21H25.C7H9.C2H6Si.2ClH.Zr/c1-20(2,3)16-7-9-18-14(12-16)11-15-13-17(21(4,5)6)8-10-19(15)18;1-6-4-3-5-7(6)2;1-3-2;;;/h7-10,12H,11H2,1-6H3;3-5H,1-2H3;1-2H3;2*1H;/q2*-1;;;;+2/p-2. The summed E-state index contributed by atoms with van der Waals surface area (Å²) in [6, 6.07) is 21.5. The molecule has 0 bridgehead atoms. The van der Waals surface area contributed by atoms with Crippen LogP contribution >= 0.6 is 0 Å². The van der Waals surface area contributed by atoms with Crippen molar-refractivity contribution in [2.24, 2.45) is 0 Å². The Morgan fingerprint density at radius 2 is 1.32 bits per heavy atom. The second-order valence-corrected chi connectivity index (χ2v) is 20.6. The van der Waals surface area contributed by atoms with Gasteiger partial charge >= 0.3 is 41.9 Å². The Kier molecular flexibility index (Phi) is 13.5. The third-order valence-corrected chi connectivity index (χ3v) is 5.78. The predicted molar refractivity (Wildman–Crippen MR) is 140 cm³/mol. The minimum absolute atomic E-state index is 0. The number of rotatable bonds is 0. The van der Waals surface area contributed by atoms with E-state index in [1.54, 1.807) is 23.3 Å². The van der Waals surface area contributed by atoms with Gasteiger partial charge < -0.3 is 24.8 Å². The minimum atomic E-state index is 0. The summed E-state index contributed by atoms with van der Waals surface area (Å²) in [5.74, 6) is 0. The second kappa shape index (κ2) is 13.7. The van der Waals surface area contributed by atoms with E-state index < -0.39 is 0 Å². The molecule has 1 aliphatic rings. The average Bonchev–Trinajstić information content (AvgIpc) is 3.21. The molecule has 4 rings (SSSR count). The van der Waals surface area contributed by atoms with Crippen LogP contribution in [0.3, 0.4) is 0 Å². The summed E-state index contributed by atoms with van der Waals surface area (Å²) < 4.78 is 0. The topological polar surface area (TPSA) is 0 Å². The van der Waals surface area contributed by atoms with E-state index in [0.717, 1.165) is 6.42 Å². The Morgan fingerprint density at radius 3 is 1.74 bits per heavy atom. The van der Waals surface area contributed by atoms with Gasteiger partial charge in [-0.25, -0.2) is 0 Å². The molecule has 0 aromatic heterocycles. The van der Waals surface area contributed by atoms with Crippen molar-refractivity contribution in [3.63, 3.8) is 0 Å². The second-order valence-electron chi connectivity index (χ2n) is 11.2. The number of halogens is 2. The number of aryl methyl sites for hydroxylation is 2. The normalized spacial score (nSPS) is 11.4. The first-order valence-corrected chi connectivity index (χ1v) is 17.8. The molecule has 0 amide bonds. The molecule has 3 aromatic carbocycles. The molecule has 4 heteroatoms. The van der Waals surface area contributed by atoms with E-state index >= 15 is 0 Å². The zero-order valence-corrected chi connectivity index (χ0v) is 27.6. The molecule has 0 nitrogen and oxygen atoms in total. The van der Waals surface area contributed by atoms with Crippen LogP contribution in [0.25, 0.3) is 11.1 Å². The maximum Gasteiger partial charge on any atom is -0.0958 e. The first-order chi connectivity index (χ1) is 14.7. The fraction of sp³-hybridized carbons (Fsp3) is 0.433. The maximum absolute atomic E-state index is 3.67. The third kappa shape index (κ3) is 9.50. The van der Waals surface area contributed by atoms with Crippen molar-refractivity contribution in [3.05, 3.63) is 88.0 Å². The van der Waals surface area contributed by atoms with E-state index in [1.807, 2.05) is 0 Å². The molecule has 3 aromatic rings. The zero-order valence-electron chi connectivity index (χ0n) is 22.6. The van der Waals surface area contributed by atoms with Gasteiger partial charge in [0.25, 0.3) is 0 Å². The van der Waals surface area contributed by atoms with Gasteiger partial charge in [-0.2, -0.15) is 53.1 Å². The molecule has 0 radical (unpaired) electrons. The predicted octanol–water partition coefficient (Wildman–Crippen LogP) is 2.47. The molecule has 0 heterocycles. The largest absolute Gasteiger partial charge is 1.00 e. The summed E-state index contributed by atoms with van der Waals surface area (Å²) in [4.78, 5) is 0. The Balaban J connectivity index is 0.000000702. The molecular weight excluding hydrogens is 551 g/mol. The fourth-order valence-electron chi connectivity index (χ4n) is 3.63. The van der Waals surface area contributed by atoms with Crippen LogP contribution in [0, 0.1) is 19.9 Å². The molecule has 0 fully saturated rings. The number of benzene rings is 2. The van der Waals surface area contributed by atoms with Crippen LogP contribution in [0.2, 0.25) is 13.1 Å². The molecule has 0 atom stereocenters. The average molecular weight is 591 g/mol. The van der Waals surface area contributed by atoms with E-state index in [0.29, 0.717) is 0 Å². The Bertz CT molecular complexity index is 1000. The van der Waals surface area contributed by atoms with Crippen LogP contribution in [-0.2, 0) is 40.6 Å². The SMILES string of the molecule is CC(C)(C)c1[c-]c2c(cc1)-c1ccc(C(C)(C)C)cc1C2.C[Si](C)=[Zr+2].Cc1c[cH-]cc1C.[Cl-].[Cl-]. The van der Waals surface area contributed by atoms with Gasteiger partial charge in [-0.15, -0.1) is 11.1 Å². The van der Waals surface area contributed by atoms with Crippen LogP contribution < -0.4 is 24.8 Å². The quantitative estimate of drug-likeness (QED) is 0.218. The minimum Gasteiger partial charge on any atom is -1.00 e. The Morgan fingerprint density at radius 1 is 0.824 bits per heavy atom. The van der Waals surface area contributed by atoms with Gasteiger partial charge in [-0.1, -0.05) is 79.2 Å². The molecule has 0 saturated heterocycles. The van der Waals surface area contributed by atoms with Crippen LogP contribution in [-0.4, -0.2) is 5.43 Å². The van der Waals surface area contributed by atoms with Crippen molar-refractivity contribution < 1.29 is 48.1 Å². The van der Waals surface area contributed by atoms with Crippen molar-refractivity contribution in [1.29, 1.82) is 0 Å². The molecule has 0 spiro atoms. The van der Waals surface area contributed by atoms with Crippen LogP contribution in [0.5, 0.6) is 0 Å². The van der Waals surface area contributed by atoms with E-state index in [2.05, 4.69) is 123 Å². The van der Waals surface area contributed by atoms with Crippen molar-refractivity contribution >= 4 is 5.43 Å². The van der Waals surface area contributed by atoms with E-state index in [9.17, 15) is 0 Å². The molecule has 0 unspecified atom stereocenters. The van der Waals surface area contributed by atoms with E-state index in [4.69, 9.17) is 0 Å². The number of hydrogen-bond donors (Lipinski definition) is 0. The molecule has 34 heavy (non-hydrogen) atoms. The van der Waals surface area contributed by atoms with Gasteiger partial charge in [0.2, 0.25) is 0 Å². The van der Waals surface area contributed by atoms with Crippen LogP contribution in [0.1, 0.15) is 74.9 Å². The summed E-state index contributed by atoms with van der Waals surface area (Å²) >= 11 is 1.74. The smallest absolute Gasteiger partial charge is 0.0958 e. The fourth-order valence-corrected chi connectivity index (χ4v) is 3.63. The van der Waals surface area contributed by atoms with Gasteiger partial charge in [0.15, 0.2) is 0 Å². The van der Waals surface area contributed by atoms with E-state index in [-0.39, 0.29) is 41.1 Å². The Hall–Kier alpha value is -0.530. The van der Waals surface area contributed by atoms with Gasteiger partial charge in [-0.3, -0.25) is 0 Å². The van der Waals surface area contributed by atoms with Crippen LogP contribution in [0.15, 0.2) is 48.5 Å². The number of fused-ring (bicyclic) bond motifs is 3. The summed E-state index contributed by atoms with van der Waals surface area (Å²) in [6.45, 7) is 22.5. The molecule has 0 N–H and O–H groups in total. The zero-order chi connectivity index (χ0) is 24.3. The molecule has 184 valence electrons. The van der Waals surface area contributed by atoms with Crippen LogP contribution in [0.4, 0.5) is 0 Å². The van der Waals surface area contributed by atoms with Gasteiger partial charge in [-0.05, 0) is 28.4 Å². The first-order valence-electron chi connectivity index (χ1n) is 11.6. The third-order valence-electron chi connectivity index (χ3n) is 5.78. The summed E-state index contributed by atoms with van der Waals surface area (Å²) in [6.07, 6.45) is 1.03. The molecule has 1 aliphatic carbocycles. The number of hydrogen-bond acceptors (Lipinski definition) is 0. The molecule has 0 aliphatic heterocycles.